The minimum absolute atomic E-state index is 0.101. The van der Waals surface area contributed by atoms with Gasteiger partial charge in [0.15, 0.2) is 5.66 Å². The van der Waals surface area contributed by atoms with E-state index >= 15 is 0 Å². The Hall–Kier alpha value is -1.24. The quantitative estimate of drug-likeness (QED) is 0.321. The highest BCUT2D eigenvalue weighted by Crippen LogP contribution is 2.47. The van der Waals surface area contributed by atoms with Gasteiger partial charge >= 0.3 is 19.5 Å². The maximum absolute atomic E-state index is 11.0. The van der Waals surface area contributed by atoms with Crippen LogP contribution < -0.4 is 0 Å². The molecule has 0 saturated carbocycles. The molecule has 8 nitrogen and oxygen atoms in total. The van der Waals surface area contributed by atoms with Gasteiger partial charge in [-0.05, 0) is 12.6 Å². The highest BCUT2D eigenvalue weighted by atomic mass is 31.2. The van der Waals surface area contributed by atoms with Gasteiger partial charge in [0.1, 0.15) is 0 Å². The summed E-state index contributed by atoms with van der Waals surface area (Å²) in [7, 11) is -5.11. The van der Waals surface area contributed by atoms with Crippen LogP contribution in [0.25, 0.3) is 0 Å². The minimum Gasteiger partial charge on any atom is -0.481 e. The number of aliphatic carboxylic acids is 2. The number of carboxylic acid groups (broad SMARTS) is 2. The van der Waals surface area contributed by atoms with E-state index in [-0.39, 0.29) is 6.42 Å². The summed E-state index contributed by atoms with van der Waals surface area (Å²) in [4.78, 5) is 39.5. The molecule has 98 valence electrons. The highest BCUT2D eigenvalue weighted by Gasteiger charge is 2.48. The number of hydrogen-bond donors (Lipinski definition) is 5. The van der Waals surface area contributed by atoms with Crippen molar-refractivity contribution in [3.8, 4) is 0 Å². The van der Waals surface area contributed by atoms with E-state index < -0.39 is 37.0 Å². The first-order valence-electron chi connectivity index (χ1n) is 4.68. The second kappa shape index (κ2) is 5.90. The monoisotopic (exact) mass is 267 g/mol. The Bertz CT molecular complexity index is 363. The van der Waals surface area contributed by atoms with Crippen LogP contribution in [0.2, 0.25) is 0 Å². The average Bonchev–Trinajstić information content (AvgIpc) is 2.14. The summed E-state index contributed by atoms with van der Waals surface area (Å²) in [6, 6.07) is 0. The summed E-state index contributed by atoms with van der Waals surface area (Å²) in [5.41, 5.74) is -2.34. The molecule has 0 amide bonds. The molecule has 0 radical (unpaired) electrons. The predicted molar refractivity (Wildman–Crippen MR) is 57.2 cm³/mol. The Kier molecular flexibility index (Phi) is 5.47. The lowest BCUT2D eigenvalue weighted by molar-refractivity contribution is -0.149. The number of nitrogens with one attached hydrogen (secondary N) is 1. The topological polar surface area (TPSA) is 156 Å². The predicted octanol–water partition coefficient (Wildman–Crippen LogP) is -0.00613. The van der Waals surface area contributed by atoms with Crippen LogP contribution in [0.4, 0.5) is 0 Å². The van der Waals surface area contributed by atoms with Crippen molar-refractivity contribution < 1.29 is 34.2 Å². The Balaban J connectivity index is 5.55. The van der Waals surface area contributed by atoms with E-state index in [2.05, 4.69) is 0 Å². The van der Waals surface area contributed by atoms with E-state index in [0.29, 0.717) is 6.21 Å². The molecule has 3 atom stereocenters. The third-order valence-corrected chi connectivity index (χ3v) is 3.65. The third-order valence-electron chi connectivity index (χ3n) is 2.39. The Morgan fingerprint density at radius 1 is 1.29 bits per heavy atom. The minimum atomic E-state index is -5.11. The van der Waals surface area contributed by atoms with Gasteiger partial charge in [0, 0.05) is 5.92 Å². The van der Waals surface area contributed by atoms with Crippen molar-refractivity contribution in [3.05, 3.63) is 0 Å². The highest BCUT2D eigenvalue weighted by molar-refractivity contribution is 7.53. The molecule has 0 fully saturated rings. The molecule has 5 N–H and O–H groups in total. The van der Waals surface area contributed by atoms with Gasteiger partial charge in [-0.3, -0.25) is 14.2 Å². The fourth-order valence-electron chi connectivity index (χ4n) is 1.53. The molecule has 0 rings (SSSR count). The average molecular weight is 267 g/mol. The molecule has 0 spiro atoms. The summed E-state index contributed by atoms with van der Waals surface area (Å²) in [6.45, 7) is 1.50. The Labute approximate surface area is 96.9 Å². The van der Waals surface area contributed by atoms with Crippen molar-refractivity contribution in [3.63, 3.8) is 0 Å². The van der Waals surface area contributed by atoms with E-state index in [1.165, 1.54) is 6.92 Å². The van der Waals surface area contributed by atoms with E-state index in [4.69, 9.17) is 25.4 Å². The molecule has 0 heterocycles. The van der Waals surface area contributed by atoms with Crippen molar-refractivity contribution in [2.75, 3.05) is 0 Å². The fraction of sp³-hybridized carbons (Fsp3) is 0.625. The molecule has 0 aliphatic carbocycles. The van der Waals surface area contributed by atoms with Crippen LogP contribution in [0.15, 0.2) is 0 Å². The first kappa shape index (κ1) is 15.8. The van der Waals surface area contributed by atoms with Gasteiger partial charge in [0.25, 0.3) is 0 Å². The normalized spacial score (nSPS) is 16.9. The summed E-state index contributed by atoms with van der Waals surface area (Å²) < 4.78 is 11.0. The van der Waals surface area contributed by atoms with Crippen molar-refractivity contribution >= 4 is 25.7 Å². The maximum Gasteiger partial charge on any atom is 0.340 e. The molecule has 0 aromatic rings. The number of hydrogen-bond acceptors (Lipinski definition) is 4. The summed E-state index contributed by atoms with van der Waals surface area (Å²) in [5.74, 6) is -6.39. The summed E-state index contributed by atoms with van der Waals surface area (Å²) >= 11 is 0. The van der Waals surface area contributed by atoms with Gasteiger partial charge in [-0.25, -0.2) is 0 Å². The summed E-state index contributed by atoms with van der Waals surface area (Å²) in [6.07, 6.45) is 0.800. The third kappa shape index (κ3) is 3.92. The first-order valence-corrected chi connectivity index (χ1v) is 6.36. The lowest BCUT2D eigenvalue weighted by Gasteiger charge is -2.25. The molecule has 0 aromatic heterocycles. The SMILES string of the molecule is CCC(C=N)C(C(=O)O)C(C(=O)O)P(=O)(O)O. The molecular weight excluding hydrogens is 253 g/mol. The maximum atomic E-state index is 11.0. The molecular formula is C8H14NO7P. The second-order valence-electron chi connectivity index (χ2n) is 3.47. The van der Waals surface area contributed by atoms with Crippen LogP contribution >= 0.6 is 7.60 Å². The molecule has 0 aliphatic rings. The van der Waals surface area contributed by atoms with E-state index in [0.717, 1.165) is 0 Å². The number of carbonyl (C=O) groups is 2. The van der Waals surface area contributed by atoms with Crippen molar-refractivity contribution in [1.29, 1.82) is 5.41 Å². The molecule has 17 heavy (non-hydrogen) atoms. The van der Waals surface area contributed by atoms with Crippen LogP contribution in [0, 0.1) is 17.2 Å². The second-order valence-corrected chi connectivity index (χ2v) is 5.21. The zero-order valence-electron chi connectivity index (χ0n) is 8.98. The van der Waals surface area contributed by atoms with Gasteiger partial charge in [-0.2, -0.15) is 0 Å². The van der Waals surface area contributed by atoms with Crippen LogP contribution in [0.5, 0.6) is 0 Å². The van der Waals surface area contributed by atoms with Gasteiger partial charge in [0.05, 0.1) is 5.92 Å². The number of carboxylic acids is 2. The standard InChI is InChI=1S/C8H14NO7P/c1-2-4(3-9)5(7(10)11)6(8(12)13)17(14,15)16/h3-6,9H,2H2,1H3,(H,10,11)(H,12,13)(H2,14,15,16). The van der Waals surface area contributed by atoms with Crippen LogP contribution in [0.3, 0.4) is 0 Å². The Morgan fingerprint density at radius 3 is 1.94 bits per heavy atom. The first-order chi connectivity index (χ1) is 7.66. The van der Waals surface area contributed by atoms with E-state index in [1.54, 1.807) is 0 Å². The van der Waals surface area contributed by atoms with Crippen molar-refractivity contribution in [2.45, 2.75) is 19.0 Å². The molecule has 9 heteroatoms. The molecule has 0 aliphatic heterocycles. The van der Waals surface area contributed by atoms with Crippen molar-refractivity contribution in [2.24, 2.45) is 11.8 Å². The zero-order chi connectivity index (χ0) is 13.8. The molecule has 0 bridgehead atoms. The van der Waals surface area contributed by atoms with Gasteiger partial charge in [-0.1, -0.05) is 6.92 Å². The largest absolute Gasteiger partial charge is 0.481 e. The Morgan fingerprint density at radius 2 is 1.76 bits per heavy atom. The van der Waals surface area contributed by atoms with E-state index in [9.17, 15) is 14.2 Å². The summed E-state index contributed by atoms with van der Waals surface area (Å²) in [5, 5.41) is 24.6. The van der Waals surface area contributed by atoms with Gasteiger partial charge < -0.3 is 25.4 Å². The molecule has 3 unspecified atom stereocenters. The smallest absolute Gasteiger partial charge is 0.340 e. The molecule has 0 aromatic carbocycles. The van der Waals surface area contributed by atoms with Crippen LogP contribution in [-0.2, 0) is 14.2 Å². The number of rotatable bonds is 7. The van der Waals surface area contributed by atoms with Gasteiger partial charge in [0.2, 0.25) is 0 Å². The van der Waals surface area contributed by atoms with Crippen molar-refractivity contribution in [1.82, 2.24) is 0 Å². The molecule has 0 saturated heterocycles. The van der Waals surface area contributed by atoms with Crippen LogP contribution in [0.1, 0.15) is 13.3 Å². The zero-order valence-corrected chi connectivity index (χ0v) is 9.87. The van der Waals surface area contributed by atoms with Crippen LogP contribution in [-0.4, -0.2) is 43.8 Å². The van der Waals surface area contributed by atoms with E-state index in [1.807, 2.05) is 0 Å². The lowest BCUT2D eigenvalue weighted by Crippen LogP contribution is -2.40. The fourth-order valence-corrected chi connectivity index (χ4v) is 2.59. The van der Waals surface area contributed by atoms with Gasteiger partial charge in [-0.15, -0.1) is 0 Å². The lowest BCUT2D eigenvalue weighted by atomic mass is 9.88.